The molecule has 3 aromatic rings. The molecule has 35 heavy (non-hydrogen) atoms. The SMILES string of the molecule is Cc1nnnn1/C(=C\c1ccccc1)C(=O)OCC(=O)N(Cc1ccc(F)cc1)C1CCCCC1. The lowest BCUT2D eigenvalue weighted by Gasteiger charge is -2.34. The maximum Gasteiger partial charge on any atom is 0.357 e. The second-order valence-corrected chi connectivity index (χ2v) is 8.59. The highest BCUT2D eigenvalue weighted by atomic mass is 19.1. The number of esters is 1. The first kappa shape index (κ1) is 24.3. The van der Waals surface area contributed by atoms with Gasteiger partial charge in [-0.15, -0.1) is 5.10 Å². The van der Waals surface area contributed by atoms with E-state index in [1.807, 2.05) is 30.3 Å². The second kappa shape index (κ2) is 11.5. The van der Waals surface area contributed by atoms with E-state index in [1.165, 1.54) is 16.8 Å². The van der Waals surface area contributed by atoms with E-state index < -0.39 is 12.6 Å². The minimum atomic E-state index is -0.706. The summed E-state index contributed by atoms with van der Waals surface area (Å²) in [7, 11) is 0. The van der Waals surface area contributed by atoms with Gasteiger partial charge in [0.15, 0.2) is 18.1 Å². The maximum absolute atomic E-state index is 13.4. The van der Waals surface area contributed by atoms with Gasteiger partial charge in [-0.25, -0.2) is 9.18 Å². The molecule has 0 aliphatic heterocycles. The lowest BCUT2D eigenvalue weighted by molar-refractivity contribution is -0.149. The monoisotopic (exact) mass is 477 g/mol. The van der Waals surface area contributed by atoms with Crippen LogP contribution in [-0.4, -0.2) is 49.6 Å². The molecule has 8 nitrogen and oxygen atoms in total. The van der Waals surface area contributed by atoms with Crippen LogP contribution in [0.15, 0.2) is 54.6 Å². The van der Waals surface area contributed by atoms with Crippen molar-refractivity contribution in [2.24, 2.45) is 0 Å². The number of carbonyl (C=O) groups is 2. The van der Waals surface area contributed by atoms with E-state index in [-0.39, 0.29) is 23.5 Å². The summed E-state index contributed by atoms with van der Waals surface area (Å²) in [5.74, 6) is -0.908. The topological polar surface area (TPSA) is 90.2 Å². The predicted molar refractivity (Wildman–Crippen MR) is 128 cm³/mol. The van der Waals surface area contributed by atoms with Gasteiger partial charge in [0.05, 0.1) is 0 Å². The van der Waals surface area contributed by atoms with Gasteiger partial charge in [-0.2, -0.15) is 4.68 Å². The Balaban J connectivity index is 1.50. The van der Waals surface area contributed by atoms with Gasteiger partial charge < -0.3 is 9.64 Å². The standard InChI is InChI=1S/C26H28FN5O3/c1-19-28-29-30-32(19)24(16-20-8-4-2-5-9-20)26(34)35-18-25(33)31(23-10-6-3-7-11-23)17-21-12-14-22(27)15-13-21/h2,4-5,8-9,12-16,23H,3,6-7,10-11,17-18H2,1H3/b24-16-. The number of aromatic nitrogens is 4. The Hall–Kier alpha value is -3.88. The number of rotatable bonds is 8. The molecule has 2 aromatic carbocycles. The zero-order chi connectivity index (χ0) is 24.6. The third-order valence-corrected chi connectivity index (χ3v) is 6.09. The van der Waals surface area contributed by atoms with Crippen LogP contribution in [0.25, 0.3) is 11.8 Å². The summed E-state index contributed by atoms with van der Waals surface area (Å²) in [5.41, 5.74) is 1.70. The first-order valence-electron chi connectivity index (χ1n) is 11.7. The predicted octanol–water partition coefficient (Wildman–Crippen LogP) is 4.02. The van der Waals surface area contributed by atoms with E-state index in [1.54, 1.807) is 30.0 Å². The molecule has 1 aliphatic rings. The fourth-order valence-electron chi connectivity index (χ4n) is 4.25. The van der Waals surface area contributed by atoms with Crippen molar-refractivity contribution in [3.05, 3.63) is 77.4 Å². The van der Waals surface area contributed by atoms with Gasteiger partial charge in [0.25, 0.3) is 5.91 Å². The van der Waals surface area contributed by atoms with E-state index >= 15 is 0 Å². The summed E-state index contributed by atoms with van der Waals surface area (Å²) in [4.78, 5) is 28.1. The summed E-state index contributed by atoms with van der Waals surface area (Å²) in [6.07, 6.45) is 6.63. The minimum Gasteiger partial charge on any atom is -0.451 e. The van der Waals surface area contributed by atoms with E-state index in [4.69, 9.17) is 4.74 Å². The van der Waals surface area contributed by atoms with Crippen molar-refractivity contribution in [2.75, 3.05) is 6.61 Å². The summed E-state index contributed by atoms with van der Waals surface area (Å²) in [6, 6.07) is 15.4. The first-order chi connectivity index (χ1) is 17.0. The Bertz CT molecular complexity index is 1170. The molecule has 0 unspecified atom stereocenters. The number of hydrogen-bond acceptors (Lipinski definition) is 6. The molecule has 0 N–H and O–H groups in total. The van der Waals surface area contributed by atoms with Crippen molar-refractivity contribution in [3.8, 4) is 0 Å². The van der Waals surface area contributed by atoms with Gasteiger partial charge in [0.2, 0.25) is 0 Å². The number of tetrazole rings is 1. The van der Waals surface area contributed by atoms with Crippen molar-refractivity contribution < 1.29 is 18.7 Å². The van der Waals surface area contributed by atoms with Gasteiger partial charge in [-0.1, -0.05) is 61.7 Å². The highest BCUT2D eigenvalue weighted by molar-refractivity contribution is 6.15. The van der Waals surface area contributed by atoms with E-state index in [0.717, 1.165) is 43.2 Å². The van der Waals surface area contributed by atoms with Crippen molar-refractivity contribution in [3.63, 3.8) is 0 Å². The fourth-order valence-corrected chi connectivity index (χ4v) is 4.25. The third-order valence-electron chi connectivity index (χ3n) is 6.09. The number of halogens is 1. The number of aryl methyl sites for hydroxylation is 1. The second-order valence-electron chi connectivity index (χ2n) is 8.59. The molecule has 1 heterocycles. The van der Waals surface area contributed by atoms with Crippen molar-refractivity contribution in [2.45, 2.75) is 51.6 Å². The Morgan fingerprint density at radius 3 is 2.46 bits per heavy atom. The molecule has 1 saturated carbocycles. The number of amides is 1. The Kier molecular flexibility index (Phi) is 7.97. The van der Waals surface area contributed by atoms with Gasteiger partial charge in [-0.05, 0) is 59.5 Å². The number of nitrogens with zero attached hydrogens (tertiary/aromatic N) is 5. The summed E-state index contributed by atoms with van der Waals surface area (Å²) >= 11 is 0. The van der Waals surface area contributed by atoms with Gasteiger partial charge in [-0.3, -0.25) is 4.79 Å². The molecule has 1 fully saturated rings. The van der Waals surface area contributed by atoms with E-state index in [2.05, 4.69) is 15.5 Å². The van der Waals surface area contributed by atoms with Crippen molar-refractivity contribution >= 4 is 23.6 Å². The zero-order valence-electron chi connectivity index (χ0n) is 19.6. The molecule has 1 aliphatic carbocycles. The highest BCUT2D eigenvalue weighted by Crippen LogP contribution is 2.25. The van der Waals surface area contributed by atoms with Crippen LogP contribution in [0.4, 0.5) is 4.39 Å². The number of carbonyl (C=O) groups excluding carboxylic acids is 2. The van der Waals surface area contributed by atoms with Gasteiger partial charge in [0, 0.05) is 12.6 Å². The smallest absolute Gasteiger partial charge is 0.357 e. The largest absolute Gasteiger partial charge is 0.451 e. The summed E-state index contributed by atoms with van der Waals surface area (Å²) in [5, 5.41) is 11.4. The van der Waals surface area contributed by atoms with Crippen LogP contribution in [0.5, 0.6) is 0 Å². The number of benzene rings is 2. The lowest BCUT2D eigenvalue weighted by Crippen LogP contribution is -2.43. The highest BCUT2D eigenvalue weighted by Gasteiger charge is 2.27. The van der Waals surface area contributed by atoms with Crippen LogP contribution in [0.1, 0.15) is 49.1 Å². The lowest BCUT2D eigenvalue weighted by atomic mass is 9.93. The molecular weight excluding hydrogens is 449 g/mol. The zero-order valence-corrected chi connectivity index (χ0v) is 19.6. The molecule has 0 radical (unpaired) electrons. The maximum atomic E-state index is 13.4. The number of ether oxygens (including phenoxy) is 1. The molecular formula is C26H28FN5O3. The van der Waals surface area contributed by atoms with Gasteiger partial charge >= 0.3 is 5.97 Å². The molecule has 4 rings (SSSR count). The van der Waals surface area contributed by atoms with Crippen LogP contribution in [0.2, 0.25) is 0 Å². The Morgan fingerprint density at radius 1 is 1.09 bits per heavy atom. The van der Waals surface area contributed by atoms with Crippen molar-refractivity contribution in [1.29, 1.82) is 0 Å². The normalized spacial score (nSPS) is 14.5. The summed E-state index contributed by atoms with van der Waals surface area (Å²) in [6.45, 7) is 1.59. The van der Waals surface area contributed by atoms with E-state index in [9.17, 15) is 14.0 Å². The van der Waals surface area contributed by atoms with Gasteiger partial charge in [0.1, 0.15) is 5.82 Å². The summed E-state index contributed by atoms with van der Waals surface area (Å²) < 4.78 is 20.1. The fraction of sp³-hybridized carbons (Fsp3) is 0.346. The van der Waals surface area contributed by atoms with Crippen LogP contribution < -0.4 is 0 Å². The molecule has 0 spiro atoms. The molecule has 1 amide bonds. The third kappa shape index (κ3) is 6.38. The Morgan fingerprint density at radius 2 is 1.80 bits per heavy atom. The molecule has 9 heteroatoms. The number of hydrogen-bond donors (Lipinski definition) is 0. The average molecular weight is 478 g/mol. The first-order valence-corrected chi connectivity index (χ1v) is 11.7. The molecule has 182 valence electrons. The van der Waals surface area contributed by atoms with Crippen LogP contribution in [-0.2, 0) is 20.9 Å². The molecule has 1 aromatic heterocycles. The van der Waals surface area contributed by atoms with Crippen LogP contribution in [0.3, 0.4) is 0 Å². The molecule has 0 atom stereocenters. The van der Waals surface area contributed by atoms with Crippen molar-refractivity contribution in [1.82, 2.24) is 25.1 Å². The van der Waals surface area contributed by atoms with Crippen LogP contribution in [0, 0.1) is 12.7 Å². The average Bonchev–Trinajstić information content (AvgIpc) is 3.31. The van der Waals surface area contributed by atoms with E-state index in [0.29, 0.717) is 12.4 Å². The minimum absolute atomic E-state index is 0.0566. The quantitative estimate of drug-likeness (QED) is 0.360. The molecule has 0 saturated heterocycles. The van der Waals surface area contributed by atoms with Crippen LogP contribution >= 0.6 is 0 Å². The molecule has 0 bridgehead atoms. The Labute approximate surface area is 203 Å².